The topological polar surface area (TPSA) is 61.4 Å². The zero-order chi connectivity index (χ0) is 22.1. The molecule has 2 aliphatic heterocycles. The van der Waals surface area contributed by atoms with Crippen LogP contribution < -0.4 is 10.6 Å². The number of aliphatic imine (C=N–C) groups is 1. The molecule has 0 aliphatic carbocycles. The van der Waals surface area contributed by atoms with Crippen LogP contribution in [-0.2, 0) is 9.47 Å². The lowest BCUT2D eigenvalue weighted by molar-refractivity contribution is -0.0284. The van der Waals surface area contributed by atoms with E-state index < -0.39 is 0 Å². The first-order chi connectivity index (χ1) is 15.0. The van der Waals surface area contributed by atoms with Gasteiger partial charge in [-0.2, -0.15) is 0 Å². The maximum absolute atomic E-state index is 13.4. The zero-order valence-corrected chi connectivity index (χ0v) is 21.9. The molecular formula is C23H39FIN5O2. The number of morpholine rings is 2. The van der Waals surface area contributed by atoms with E-state index >= 15 is 0 Å². The van der Waals surface area contributed by atoms with E-state index in [0.29, 0.717) is 19.0 Å². The first kappa shape index (κ1) is 27.2. The number of nitrogens with zero attached hydrogens (tertiary/aromatic N) is 3. The molecule has 0 bridgehead atoms. The Morgan fingerprint density at radius 1 is 1.12 bits per heavy atom. The second kappa shape index (κ2) is 14.3. The van der Waals surface area contributed by atoms with Gasteiger partial charge in [0.1, 0.15) is 5.82 Å². The van der Waals surface area contributed by atoms with Gasteiger partial charge in [-0.3, -0.25) is 14.8 Å². The summed E-state index contributed by atoms with van der Waals surface area (Å²) in [5.74, 6) is 1.20. The number of benzene rings is 1. The zero-order valence-electron chi connectivity index (χ0n) is 19.6. The maximum atomic E-state index is 13.4. The van der Waals surface area contributed by atoms with E-state index in [1.807, 2.05) is 12.1 Å². The van der Waals surface area contributed by atoms with Crippen LogP contribution in [0.25, 0.3) is 0 Å². The summed E-state index contributed by atoms with van der Waals surface area (Å²) in [7, 11) is 1.78. The van der Waals surface area contributed by atoms with Crippen molar-refractivity contribution in [3.8, 4) is 0 Å². The molecule has 3 rings (SSSR count). The van der Waals surface area contributed by atoms with Crippen molar-refractivity contribution in [1.29, 1.82) is 0 Å². The summed E-state index contributed by atoms with van der Waals surface area (Å²) in [5.41, 5.74) is 1.09. The van der Waals surface area contributed by atoms with E-state index in [2.05, 4.69) is 39.3 Å². The van der Waals surface area contributed by atoms with Crippen LogP contribution in [0.4, 0.5) is 4.39 Å². The minimum atomic E-state index is -0.214. The van der Waals surface area contributed by atoms with Crippen LogP contribution in [-0.4, -0.2) is 94.5 Å². The largest absolute Gasteiger partial charge is 0.379 e. The summed E-state index contributed by atoms with van der Waals surface area (Å²) in [6.45, 7) is 12.9. The maximum Gasteiger partial charge on any atom is 0.191 e. The smallest absolute Gasteiger partial charge is 0.191 e. The number of guanidine groups is 1. The fourth-order valence-corrected chi connectivity index (χ4v) is 4.24. The minimum absolute atomic E-state index is 0. The van der Waals surface area contributed by atoms with Gasteiger partial charge in [-0.05, 0) is 23.6 Å². The third-order valence-corrected chi connectivity index (χ3v) is 5.77. The molecule has 2 N–H and O–H groups in total. The highest BCUT2D eigenvalue weighted by atomic mass is 127. The first-order valence-electron chi connectivity index (χ1n) is 11.4. The molecular weight excluding hydrogens is 524 g/mol. The number of hydrogen-bond acceptors (Lipinski definition) is 5. The Bertz CT molecular complexity index is 685. The molecule has 2 fully saturated rings. The molecule has 1 aromatic rings. The van der Waals surface area contributed by atoms with Crippen LogP contribution in [0.2, 0.25) is 0 Å². The molecule has 2 aliphatic rings. The van der Waals surface area contributed by atoms with E-state index in [9.17, 15) is 4.39 Å². The number of ether oxygens (including phenoxy) is 2. The Hall–Kier alpha value is -1.01. The van der Waals surface area contributed by atoms with E-state index in [-0.39, 0.29) is 41.9 Å². The molecule has 182 valence electrons. The van der Waals surface area contributed by atoms with Gasteiger partial charge in [0.2, 0.25) is 0 Å². The van der Waals surface area contributed by atoms with Crippen molar-refractivity contribution in [1.82, 2.24) is 20.4 Å². The van der Waals surface area contributed by atoms with Crippen molar-refractivity contribution in [3.05, 3.63) is 35.6 Å². The van der Waals surface area contributed by atoms with E-state index in [0.717, 1.165) is 64.1 Å². The quantitative estimate of drug-likeness (QED) is 0.288. The third-order valence-electron chi connectivity index (χ3n) is 5.77. The van der Waals surface area contributed by atoms with Gasteiger partial charge >= 0.3 is 0 Å². The van der Waals surface area contributed by atoms with Gasteiger partial charge < -0.3 is 20.1 Å². The highest BCUT2D eigenvalue weighted by Crippen LogP contribution is 2.21. The molecule has 0 amide bonds. The van der Waals surface area contributed by atoms with Crippen molar-refractivity contribution in [3.63, 3.8) is 0 Å². The van der Waals surface area contributed by atoms with Gasteiger partial charge in [-0.25, -0.2) is 4.39 Å². The Morgan fingerprint density at radius 3 is 2.50 bits per heavy atom. The predicted molar refractivity (Wildman–Crippen MR) is 137 cm³/mol. The molecule has 2 heterocycles. The predicted octanol–water partition coefficient (Wildman–Crippen LogP) is 2.34. The van der Waals surface area contributed by atoms with Crippen molar-refractivity contribution in [2.75, 3.05) is 72.7 Å². The Kier molecular flexibility index (Phi) is 12.2. The van der Waals surface area contributed by atoms with Crippen LogP contribution >= 0.6 is 24.0 Å². The van der Waals surface area contributed by atoms with E-state index in [1.165, 1.54) is 12.1 Å². The molecule has 0 spiro atoms. The van der Waals surface area contributed by atoms with E-state index in [1.54, 1.807) is 7.05 Å². The molecule has 2 saturated heterocycles. The minimum Gasteiger partial charge on any atom is -0.379 e. The fraction of sp³-hybridized carbons (Fsp3) is 0.696. The molecule has 0 saturated carbocycles. The van der Waals surface area contributed by atoms with Gasteiger partial charge in [0, 0.05) is 52.9 Å². The summed E-state index contributed by atoms with van der Waals surface area (Å²) in [4.78, 5) is 9.24. The van der Waals surface area contributed by atoms with Crippen molar-refractivity contribution >= 4 is 29.9 Å². The molecule has 2 unspecified atom stereocenters. The Balaban J connectivity index is 0.00000363. The first-order valence-corrected chi connectivity index (χ1v) is 11.4. The normalized spacial score (nSPS) is 21.8. The number of rotatable bonds is 8. The number of nitrogens with one attached hydrogen (secondary N) is 2. The van der Waals surface area contributed by atoms with Gasteiger partial charge in [-0.1, -0.05) is 26.0 Å². The lowest BCUT2D eigenvalue weighted by atomic mass is 10.0. The average Bonchev–Trinajstić information content (AvgIpc) is 2.77. The van der Waals surface area contributed by atoms with Gasteiger partial charge in [0.05, 0.1) is 32.0 Å². The lowest BCUT2D eigenvalue weighted by Gasteiger charge is -2.35. The van der Waals surface area contributed by atoms with Crippen LogP contribution in [0, 0.1) is 11.7 Å². The molecule has 7 nitrogen and oxygen atoms in total. The summed E-state index contributed by atoms with van der Waals surface area (Å²) in [6.07, 6.45) is 0.151. The van der Waals surface area contributed by atoms with Gasteiger partial charge in [0.15, 0.2) is 5.96 Å². The summed E-state index contributed by atoms with van der Waals surface area (Å²) < 4.78 is 24.9. The molecule has 9 heteroatoms. The fourth-order valence-electron chi connectivity index (χ4n) is 4.24. The highest BCUT2D eigenvalue weighted by molar-refractivity contribution is 14.0. The second-order valence-corrected chi connectivity index (χ2v) is 8.70. The van der Waals surface area contributed by atoms with E-state index in [4.69, 9.17) is 9.47 Å². The summed E-state index contributed by atoms with van der Waals surface area (Å²) in [5, 5.41) is 6.87. The molecule has 1 aromatic carbocycles. The highest BCUT2D eigenvalue weighted by Gasteiger charge is 2.24. The van der Waals surface area contributed by atoms with Crippen molar-refractivity contribution in [2.24, 2.45) is 10.9 Å². The Morgan fingerprint density at radius 2 is 1.84 bits per heavy atom. The van der Waals surface area contributed by atoms with Crippen LogP contribution in [0.15, 0.2) is 29.3 Å². The summed E-state index contributed by atoms with van der Waals surface area (Å²) >= 11 is 0. The SMILES string of the molecule is CN=C(NCC1CN(CC(C)C)CCO1)NCC(c1ccc(F)cc1)N1CCOCC1.I. The third kappa shape index (κ3) is 8.74. The number of hydrogen-bond donors (Lipinski definition) is 2. The standard InChI is InChI=1S/C23H38FN5O2.HI/c1-18(2)16-28-8-13-31-21(17-28)14-26-23(25-3)27-15-22(29-9-11-30-12-10-29)19-4-6-20(24)7-5-19;/h4-7,18,21-22H,8-17H2,1-3H3,(H2,25,26,27);1H. The van der Waals surface area contributed by atoms with Crippen LogP contribution in [0.5, 0.6) is 0 Å². The molecule has 0 aromatic heterocycles. The molecule has 2 atom stereocenters. The van der Waals surface area contributed by atoms with Crippen LogP contribution in [0.1, 0.15) is 25.5 Å². The second-order valence-electron chi connectivity index (χ2n) is 8.70. The summed E-state index contributed by atoms with van der Waals surface area (Å²) in [6, 6.07) is 6.91. The monoisotopic (exact) mass is 563 g/mol. The molecule has 32 heavy (non-hydrogen) atoms. The van der Waals surface area contributed by atoms with Gasteiger partial charge in [-0.15, -0.1) is 24.0 Å². The number of halogens is 2. The van der Waals surface area contributed by atoms with Crippen molar-refractivity contribution < 1.29 is 13.9 Å². The van der Waals surface area contributed by atoms with Crippen molar-refractivity contribution in [2.45, 2.75) is 26.0 Å². The van der Waals surface area contributed by atoms with Crippen LogP contribution in [0.3, 0.4) is 0 Å². The lowest BCUT2D eigenvalue weighted by Crippen LogP contribution is -2.51. The average molecular weight is 564 g/mol. The molecule has 0 radical (unpaired) electrons. The van der Waals surface area contributed by atoms with Gasteiger partial charge in [0.25, 0.3) is 0 Å². The Labute approximate surface area is 209 Å².